The molecular formula is C9H17NO. The molecule has 0 fully saturated rings. The van der Waals surface area contributed by atoms with E-state index in [1.165, 1.54) is 12.8 Å². The highest BCUT2D eigenvalue weighted by atomic mass is 16.3. The Morgan fingerprint density at radius 1 is 1.36 bits per heavy atom. The van der Waals surface area contributed by atoms with Crippen molar-refractivity contribution in [2.24, 2.45) is 0 Å². The first kappa shape index (κ1) is 10.2. The van der Waals surface area contributed by atoms with Crippen LogP contribution in [0.4, 0.5) is 0 Å². The van der Waals surface area contributed by atoms with Gasteiger partial charge in [0.2, 0.25) is 0 Å². The Balaban J connectivity index is 0.000000292. The summed E-state index contributed by atoms with van der Waals surface area (Å²) in [6, 6.07) is 0. The lowest BCUT2D eigenvalue weighted by molar-refractivity contribution is 0.501. The lowest BCUT2D eigenvalue weighted by atomic mass is 10.3. The van der Waals surface area contributed by atoms with Gasteiger partial charge in [-0.2, -0.15) is 0 Å². The molecule has 0 bridgehead atoms. The molecule has 0 saturated carbocycles. The number of aryl methyl sites for hydroxylation is 1. The fraction of sp³-hybridized carbons (Fsp3) is 0.667. The number of nitrogens with zero attached hydrogens (tertiary/aromatic N) is 1. The molecule has 0 aromatic carbocycles. The molecule has 0 unspecified atom stereocenters. The smallest absolute Gasteiger partial charge is 0.180 e. The second-order valence-corrected chi connectivity index (χ2v) is 2.42. The first-order valence-electron chi connectivity index (χ1n) is 4.22. The standard InChI is InChI=1S/C6H9NO.C3H8/c1-2-3-6-4-7-5-8-6;1-3-2/h4-5H,2-3H2,1H3;3H2,1-2H3. The molecule has 2 heteroatoms. The van der Waals surface area contributed by atoms with Crippen LogP contribution in [0.1, 0.15) is 39.4 Å². The fourth-order valence-electron chi connectivity index (χ4n) is 0.612. The highest BCUT2D eigenvalue weighted by molar-refractivity contribution is 4.87. The summed E-state index contributed by atoms with van der Waals surface area (Å²) in [6.45, 7) is 6.36. The van der Waals surface area contributed by atoms with E-state index in [2.05, 4.69) is 25.8 Å². The third-order valence-corrected chi connectivity index (χ3v) is 0.980. The Labute approximate surface area is 68.6 Å². The van der Waals surface area contributed by atoms with E-state index in [4.69, 9.17) is 4.42 Å². The summed E-state index contributed by atoms with van der Waals surface area (Å²) in [4.78, 5) is 3.77. The zero-order valence-corrected chi connectivity index (χ0v) is 7.63. The maximum Gasteiger partial charge on any atom is 0.180 e. The minimum Gasteiger partial charge on any atom is -0.449 e. The van der Waals surface area contributed by atoms with Crippen LogP contribution in [0, 0.1) is 0 Å². The molecule has 0 spiro atoms. The quantitative estimate of drug-likeness (QED) is 0.656. The number of aromatic nitrogens is 1. The summed E-state index contributed by atoms with van der Waals surface area (Å²) in [6.07, 6.45) is 6.59. The second kappa shape index (κ2) is 7.32. The van der Waals surface area contributed by atoms with Crippen LogP contribution in [-0.2, 0) is 6.42 Å². The SMILES string of the molecule is CCC.CCCc1cnco1. The molecule has 2 nitrogen and oxygen atoms in total. The molecule has 0 saturated heterocycles. The summed E-state index contributed by atoms with van der Waals surface area (Å²) in [5.74, 6) is 0.979. The molecule has 64 valence electrons. The van der Waals surface area contributed by atoms with Gasteiger partial charge in [0, 0.05) is 6.42 Å². The molecule has 11 heavy (non-hydrogen) atoms. The van der Waals surface area contributed by atoms with E-state index < -0.39 is 0 Å². The van der Waals surface area contributed by atoms with Gasteiger partial charge in [-0.15, -0.1) is 0 Å². The summed E-state index contributed by atoms with van der Waals surface area (Å²) in [5, 5.41) is 0. The van der Waals surface area contributed by atoms with Crippen molar-refractivity contribution in [3.8, 4) is 0 Å². The molecule has 0 aliphatic rings. The number of hydrogen-bond donors (Lipinski definition) is 0. The van der Waals surface area contributed by atoms with E-state index in [0.717, 1.165) is 18.6 Å². The van der Waals surface area contributed by atoms with Gasteiger partial charge in [-0.25, -0.2) is 4.98 Å². The highest BCUT2D eigenvalue weighted by Crippen LogP contribution is 1.98. The van der Waals surface area contributed by atoms with Crippen LogP contribution in [0.3, 0.4) is 0 Å². The van der Waals surface area contributed by atoms with Crippen molar-refractivity contribution in [2.75, 3.05) is 0 Å². The monoisotopic (exact) mass is 155 g/mol. The van der Waals surface area contributed by atoms with Gasteiger partial charge in [0.1, 0.15) is 5.76 Å². The first-order chi connectivity index (χ1) is 5.35. The maximum absolute atomic E-state index is 4.96. The fourth-order valence-corrected chi connectivity index (χ4v) is 0.612. The van der Waals surface area contributed by atoms with Crippen LogP contribution >= 0.6 is 0 Å². The van der Waals surface area contributed by atoms with E-state index in [0.29, 0.717) is 0 Å². The van der Waals surface area contributed by atoms with Crippen molar-refractivity contribution >= 4 is 0 Å². The van der Waals surface area contributed by atoms with E-state index in [1.54, 1.807) is 6.20 Å². The molecule has 0 radical (unpaired) electrons. The predicted octanol–water partition coefficient (Wildman–Crippen LogP) is 3.04. The van der Waals surface area contributed by atoms with Crippen LogP contribution in [0.15, 0.2) is 17.0 Å². The predicted molar refractivity (Wildman–Crippen MR) is 46.5 cm³/mol. The Bertz CT molecular complexity index is 147. The van der Waals surface area contributed by atoms with E-state index in [1.807, 2.05) is 0 Å². The van der Waals surface area contributed by atoms with Crippen molar-refractivity contribution in [3.63, 3.8) is 0 Å². The van der Waals surface area contributed by atoms with Gasteiger partial charge in [0.05, 0.1) is 6.20 Å². The molecule has 0 N–H and O–H groups in total. The normalized spacial score (nSPS) is 8.64. The number of oxazole rings is 1. The summed E-state index contributed by atoms with van der Waals surface area (Å²) < 4.78 is 4.96. The van der Waals surface area contributed by atoms with E-state index in [-0.39, 0.29) is 0 Å². The minimum atomic E-state index is 0.979. The molecule has 1 aromatic rings. The molecule has 0 amide bonds. The molecule has 1 aromatic heterocycles. The molecule has 1 rings (SSSR count). The Hall–Kier alpha value is -0.790. The van der Waals surface area contributed by atoms with Crippen molar-refractivity contribution in [1.82, 2.24) is 4.98 Å². The second-order valence-electron chi connectivity index (χ2n) is 2.42. The van der Waals surface area contributed by atoms with Gasteiger partial charge >= 0.3 is 0 Å². The van der Waals surface area contributed by atoms with E-state index >= 15 is 0 Å². The van der Waals surface area contributed by atoms with Gasteiger partial charge < -0.3 is 4.42 Å². The Kier molecular flexibility index (Phi) is 6.79. The maximum atomic E-state index is 4.96. The zero-order valence-electron chi connectivity index (χ0n) is 7.63. The van der Waals surface area contributed by atoms with Gasteiger partial charge in [-0.05, 0) is 6.42 Å². The third-order valence-electron chi connectivity index (χ3n) is 0.980. The lowest BCUT2D eigenvalue weighted by Gasteiger charge is -1.84. The molecule has 0 atom stereocenters. The van der Waals surface area contributed by atoms with Crippen molar-refractivity contribution < 1.29 is 4.42 Å². The largest absolute Gasteiger partial charge is 0.449 e. The summed E-state index contributed by atoms with van der Waals surface area (Å²) >= 11 is 0. The van der Waals surface area contributed by atoms with Gasteiger partial charge in [0.15, 0.2) is 6.39 Å². The number of hydrogen-bond acceptors (Lipinski definition) is 2. The van der Waals surface area contributed by atoms with Crippen molar-refractivity contribution in [2.45, 2.75) is 40.0 Å². The molecule has 0 aliphatic heterocycles. The third kappa shape index (κ3) is 5.64. The summed E-state index contributed by atoms with van der Waals surface area (Å²) in [5.41, 5.74) is 0. The van der Waals surface area contributed by atoms with Crippen molar-refractivity contribution in [1.29, 1.82) is 0 Å². The first-order valence-corrected chi connectivity index (χ1v) is 4.22. The molecule has 0 aliphatic carbocycles. The van der Waals surface area contributed by atoms with Crippen molar-refractivity contribution in [3.05, 3.63) is 18.4 Å². The Morgan fingerprint density at radius 2 is 2.00 bits per heavy atom. The lowest BCUT2D eigenvalue weighted by Crippen LogP contribution is -1.74. The Morgan fingerprint density at radius 3 is 2.36 bits per heavy atom. The average molecular weight is 155 g/mol. The van der Waals surface area contributed by atoms with Crippen LogP contribution in [-0.4, -0.2) is 4.98 Å². The minimum absolute atomic E-state index is 0.979. The van der Waals surface area contributed by atoms with Crippen LogP contribution in [0.2, 0.25) is 0 Å². The topological polar surface area (TPSA) is 26.0 Å². The van der Waals surface area contributed by atoms with E-state index in [9.17, 15) is 0 Å². The zero-order chi connectivity index (χ0) is 8.53. The average Bonchev–Trinajstić information content (AvgIpc) is 2.42. The van der Waals surface area contributed by atoms with Crippen LogP contribution in [0.5, 0.6) is 0 Å². The van der Waals surface area contributed by atoms with Gasteiger partial charge in [-0.1, -0.05) is 27.2 Å². The van der Waals surface area contributed by atoms with Gasteiger partial charge in [0.25, 0.3) is 0 Å². The van der Waals surface area contributed by atoms with Gasteiger partial charge in [-0.3, -0.25) is 0 Å². The number of rotatable bonds is 2. The molecule has 1 heterocycles. The van der Waals surface area contributed by atoms with Crippen LogP contribution in [0.25, 0.3) is 0 Å². The van der Waals surface area contributed by atoms with Crippen LogP contribution < -0.4 is 0 Å². The molecular weight excluding hydrogens is 138 g/mol. The summed E-state index contributed by atoms with van der Waals surface area (Å²) in [7, 11) is 0. The highest BCUT2D eigenvalue weighted by Gasteiger charge is 1.90.